The van der Waals surface area contributed by atoms with E-state index >= 15 is 0 Å². The second kappa shape index (κ2) is 6.66. The van der Waals surface area contributed by atoms with Crippen LogP contribution >= 0.6 is 0 Å². The number of esters is 1. The van der Waals surface area contributed by atoms with Crippen molar-refractivity contribution in [1.82, 2.24) is 5.32 Å². The number of hydrogen-bond acceptors (Lipinski definition) is 4. The van der Waals surface area contributed by atoms with E-state index < -0.39 is 5.41 Å². The lowest BCUT2D eigenvalue weighted by Gasteiger charge is -2.34. The standard InChI is InChI=1S/C12H21NO3/c1-3-8-15-10-12(11(14)16-4-2)6-5-7-13-9-12/h3,13H,1,4-10H2,2H3. The molecule has 0 radical (unpaired) electrons. The van der Waals surface area contributed by atoms with E-state index in [9.17, 15) is 4.79 Å². The number of carbonyl (C=O) groups excluding carboxylic acids is 1. The molecule has 0 aromatic heterocycles. The Balaban J connectivity index is 2.58. The highest BCUT2D eigenvalue weighted by atomic mass is 16.5. The molecular formula is C12H21NO3. The lowest BCUT2D eigenvalue weighted by molar-refractivity contribution is -0.160. The molecule has 1 N–H and O–H groups in total. The molecule has 1 fully saturated rings. The number of carbonyl (C=O) groups is 1. The molecule has 4 nitrogen and oxygen atoms in total. The smallest absolute Gasteiger partial charge is 0.315 e. The van der Waals surface area contributed by atoms with Gasteiger partial charge in [0.2, 0.25) is 0 Å². The highest BCUT2D eigenvalue weighted by Gasteiger charge is 2.41. The summed E-state index contributed by atoms with van der Waals surface area (Å²) in [7, 11) is 0. The van der Waals surface area contributed by atoms with Gasteiger partial charge in [0.25, 0.3) is 0 Å². The molecule has 1 rings (SSSR count). The molecule has 0 saturated carbocycles. The molecule has 0 aromatic rings. The first kappa shape index (κ1) is 13.2. The average molecular weight is 227 g/mol. The van der Waals surface area contributed by atoms with E-state index in [4.69, 9.17) is 9.47 Å². The predicted molar refractivity (Wildman–Crippen MR) is 62.2 cm³/mol. The van der Waals surface area contributed by atoms with Crippen LogP contribution in [0.4, 0.5) is 0 Å². The first-order chi connectivity index (χ1) is 7.75. The summed E-state index contributed by atoms with van der Waals surface area (Å²) in [5.74, 6) is -0.147. The summed E-state index contributed by atoms with van der Waals surface area (Å²) in [5.41, 5.74) is -0.503. The van der Waals surface area contributed by atoms with Crippen molar-refractivity contribution in [3.8, 4) is 0 Å². The Hall–Kier alpha value is -0.870. The van der Waals surface area contributed by atoms with E-state index in [1.54, 1.807) is 6.08 Å². The van der Waals surface area contributed by atoms with Crippen LogP contribution in [0.2, 0.25) is 0 Å². The second-order valence-electron chi connectivity index (χ2n) is 4.08. The predicted octanol–water partition coefficient (Wildman–Crippen LogP) is 1.12. The van der Waals surface area contributed by atoms with Crippen molar-refractivity contribution < 1.29 is 14.3 Å². The highest BCUT2D eigenvalue weighted by Crippen LogP contribution is 2.28. The first-order valence-corrected chi connectivity index (χ1v) is 5.82. The zero-order valence-corrected chi connectivity index (χ0v) is 9.96. The third kappa shape index (κ3) is 3.32. The molecule has 0 aromatic carbocycles. The third-order valence-electron chi connectivity index (χ3n) is 2.79. The van der Waals surface area contributed by atoms with Crippen molar-refractivity contribution in [2.24, 2.45) is 5.41 Å². The molecule has 0 bridgehead atoms. The second-order valence-corrected chi connectivity index (χ2v) is 4.08. The topological polar surface area (TPSA) is 47.6 Å². The summed E-state index contributed by atoms with van der Waals surface area (Å²) < 4.78 is 10.6. The van der Waals surface area contributed by atoms with Crippen molar-refractivity contribution in [2.45, 2.75) is 19.8 Å². The van der Waals surface area contributed by atoms with Crippen molar-refractivity contribution in [3.05, 3.63) is 12.7 Å². The van der Waals surface area contributed by atoms with Crippen LogP contribution in [0.5, 0.6) is 0 Å². The Labute approximate surface area is 97.0 Å². The Morgan fingerprint density at radius 1 is 1.62 bits per heavy atom. The molecule has 92 valence electrons. The molecule has 1 unspecified atom stereocenters. The first-order valence-electron chi connectivity index (χ1n) is 5.82. The number of nitrogens with one attached hydrogen (secondary N) is 1. The van der Waals surface area contributed by atoms with Crippen molar-refractivity contribution in [2.75, 3.05) is 32.9 Å². The molecule has 1 aliphatic rings. The zero-order chi connectivity index (χ0) is 11.9. The Kier molecular flexibility index (Phi) is 5.49. The van der Waals surface area contributed by atoms with Gasteiger partial charge in [-0.1, -0.05) is 6.08 Å². The lowest BCUT2D eigenvalue weighted by Crippen LogP contribution is -2.49. The molecule has 1 atom stereocenters. The molecule has 1 aliphatic heterocycles. The maximum Gasteiger partial charge on any atom is 0.315 e. The summed E-state index contributed by atoms with van der Waals surface area (Å²) in [6.45, 7) is 8.32. The highest BCUT2D eigenvalue weighted by molar-refractivity contribution is 5.77. The van der Waals surface area contributed by atoms with Gasteiger partial charge in [-0.3, -0.25) is 4.79 Å². The summed E-state index contributed by atoms with van der Waals surface area (Å²) >= 11 is 0. The van der Waals surface area contributed by atoms with Crippen LogP contribution in [-0.2, 0) is 14.3 Å². The SMILES string of the molecule is C=CCOCC1(C(=O)OCC)CCCNC1. The summed E-state index contributed by atoms with van der Waals surface area (Å²) in [6, 6.07) is 0. The van der Waals surface area contributed by atoms with Crippen LogP contribution in [0.25, 0.3) is 0 Å². The monoisotopic (exact) mass is 227 g/mol. The summed E-state index contributed by atoms with van der Waals surface area (Å²) in [4.78, 5) is 11.9. The van der Waals surface area contributed by atoms with Crippen LogP contribution in [0, 0.1) is 5.41 Å². The summed E-state index contributed by atoms with van der Waals surface area (Å²) in [5, 5.41) is 3.24. The van der Waals surface area contributed by atoms with Crippen LogP contribution in [0.1, 0.15) is 19.8 Å². The van der Waals surface area contributed by atoms with Gasteiger partial charge in [0, 0.05) is 6.54 Å². The maximum atomic E-state index is 11.9. The van der Waals surface area contributed by atoms with Crippen molar-refractivity contribution in [1.29, 1.82) is 0 Å². The molecule has 16 heavy (non-hydrogen) atoms. The van der Waals surface area contributed by atoms with Gasteiger partial charge < -0.3 is 14.8 Å². The van der Waals surface area contributed by atoms with Crippen LogP contribution in [0.15, 0.2) is 12.7 Å². The quantitative estimate of drug-likeness (QED) is 0.420. The number of piperidine rings is 1. The molecular weight excluding hydrogens is 206 g/mol. The molecule has 4 heteroatoms. The van der Waals surface area contributed by atoms with Gasteiger partial charge in [0.05, 0.1) is 19.8 Å². The van der Waals surface area contributed by atoms with Crippen LogP contribution < -0.4 is 5.32 Å². The van der Waals surface area contributed by atoms with Gasteiger partial charge >= 0.3 is 5.97 Å². The lowest BCUT2D eigenvalue weighted by atomic mass is 9.81. The summed E-state index contributed by atoms with van der Waals surface area (Å²) in [6.07, 6.45) is 3.50. The largest absolute Gasteiger partial charge is 0.465 e. The number of rotatable bonds is 6. The minimum absolute atomic E-state index is 0.147. The third-order valence-corrected chi connectivity index (χ3v) is 2.79. The van der Waals surface area contributed by atoms with Crippen molar-refractivity contribution in [3.63, 3.8) is 0 Å². The molecule has 0 amide bonds. The van der Waals surface area contributed by atoms with Crippen molar-refractivity contribution >= 4 is 5.97 Å². The van der Waals surface area contributed by atoms with E-state index in [0.717, 1.165) is 19.4 Å². The minimum atomic E-state index is -0.503. The van der Waals surface area contributed by atoms with Gasteiger partial charge in [0.1, 0.15) is 5.41 Å². The normalized spacial score (nSPS) is 25.1. The fourth-order valence-corrected chi connectivity index (χ4v) is 1.95. The minimum Gasteiger partial charge on any atom is -0.465 e. The number of ether oxygens (including phenoxy) is 2. The van der Waals surface area contributed by atoms with E-state index in [1.165, 1.54) is 0 Å². The number of hydrogen-bond donors (Lipinski definition) is 1. The van der Waals surface area contributed by atoms with Gasteiger partial charge in [-0.25, -0.2) is 0 Å². The van der Waals surface area contributed by atoms with Gasteiger partial charge in [-0.05, 0) is 26.3 Å². The molecule has 0 aliphatic carbocycles. The molecule has 0 spiro atoms. The van der Waals surface area contributed by atoms with Crippen LogP contribution in [0.3, 0.4) is 0 Å². The van der Waals surface area contributed by atoms with E-state index in [0.29, 0.717) is 26.4 Å². The Morgan fingerprint density at radius 2 is 2.44 bits per heavy atom. The fraction of sp³-hybridized carbons (Fsp3) is 0.750. The Morgan fingerprint density at radius 3 is 3.00 bits per heavy atom. The van der Waals surface area contributed by atoms with Gasteiger partial charge in [0.15, 0.2) is 0 Å². The van der Waals surface area contributed by atoms with Crippen LogP contribution in [-0.4, -0.2) is 38.9 Å². The Bertz CT molecular complexity index is 234. The maximum absolute atomic E-state index is 11.9. The fourth-order valence-electron chi connectivity index (χ4n) is 1.95. The average Bonchev–Trinajstić information content (AvgIpc) is 2.31. The van der Waals surface area contributed by atoms with Gasteiger partial charge in [-0.2, -0.15) is 0 Å². The zero-order valence-electron chi connectivity index (χ0n) is 9.96. The molecule has 1 heterocycles. The van der Waals surface area contributed by atoms with Gasteiger partial charge in [-0.15, -0.1) is 6.58 Å². The van der Waals surface area contributed by atoms with E-state index in [-0.39, 0.29) is 5.97 Å². The van der Waals surface area contributed by atoms with E-state index in [2.05, 4.69) is 11.9 Å². The van der Waals surface area contributed by atoms with E-state index in [1.807, 2.05) is 6.92 Å². The molecule has 1 saturated heterocycles.